The molecule has 0 N–H and O–H groups in total. The van der Waals surface area contributed by atoms with E-state index in [0.717, 1.165) is 34.1 Å². The lowest BCUT2D eigenvalue weighted by atomic mass is 9.95. The molecule has 0 amide bonds. The summed E-state index contributed by atoms with van der Waals surface area (Å²) in [5, 5.41) is 2.29. The van der Waals surface area contributed by atoms with Crippen molar-refractivity contribution in [3.05, 3.63) is 77.9 Å². The fraction of sp³-hybridized carbons (Fsp3) is 0.130. The van der Waals surface area contributed by atoms with E-state index in [1.165, 1.54) is 16.7 Å². The van der Waals surface area contributed by atoms with E-state index in [2.05, 4.69) is 55.5 Å². The third-order valence-corrected chi connectivity index (χ3v) is 4.56. The maximum atomic E-state index is 6.07. The molecule has 3 aromatic carbocycles. The van der Waals surface area contributed by atoms with Crippen LogP contribution in [0.25, 0.3) is 33.6 Å². The molecule has 2 nitrogen and oxygen atoms in total. The topological polar surface area (TPSA) is 22.4 Å². The third kappa shape index (κ3) is 2.80. The Morgan fingerprint density at radius 1 is 0.960 bits per heavy atom. The fourth-order valence-electron chi connectivity index (χ4n) is 3.32. The van der Waals surface area contributed by atoms with E-state index >= 15 is 0 Å². The molecule has 0 spiro atoms. The molecule has 0 saturated carbocycles. The summed E-state index contributed by atoms with van der Waals surface area (Å²) in [4.78, 5) is 0. The van der Waals surface area contributed by atoms with Gasteiger partial charge in [0.15, 0.2) is 0 Å². The van der Waals surface area contributed by atoms with Crippen LogP contribution in [0, 0.1) is 0 Å². The monoisotopic (exact) mass is 328 g/mol. The summed E-state index contributed by atoms with van der Waals surface area (Å²) in [6.45, 7) is 2.18. The zero-order valence-corrected chi connectivity index (χ0v) is 14.5. The van der Waals surface area contributed by atoms with Gasteiger partial charge >= 0.3 is 0 Å². The molecule has 4 aromatic rings. The second-order valence-electron chi connectivity index (χ2n) is 6.08. The number of benzene rings is 3. The third-order valence-electron chi connectivity index (χ3n) is 4.56. The van der Waals surface area contributed by atoms with E-state index in [9.17, 15) is 0 Å². The molecule has 124 valence electrons. The van der Waals surface area contributed by atoms with Gasteiger partial charge in [0.05, 0.1) is 7.11 Å². The second kappa shape index (κ2) is 6.48. The number of hydrogen-bond acceptors (Lipinski definition) is 2. The van der Waals surface area contributed by atoms with Gasteiger partial charge in [0.1, 0.15) is 16.9 Å². The quantitative estimate of drug-likeness (QED) is 0.397. The van der Waals surface area contributed by atoms with Crippen LogP contribution in [-0.2, 0) is 0 Å². The first kappa shape index (κ1) is 15.5. The van der Waals surface area contributed by atoms with Crippen molar-refractivity contribution in [2.24, 2.45) is 0 Å². The van der Waals surface area contributed by atoms with E-state index in [1.807, 2.05) is 24.3 Å². The van der Waals surface area contributed by atoms with Crippen molar-refractivity contribution >= 4 is 33.6 Å². The van der Waals surface area contributed by atoms with Crippen LogP contribution in [0.4, 0.5) is 0 Å². The Balaban J connectivity index is 2.03. The van der Waals surface area contributed by atoms with Crippen LogP contribution in [0.1, 0.15) is 24.5 Å². The Morgan fingerprint density at radius 3 is 2.48 bits per heavy atom. The Labute approximate surface area is 147 Å². The highest BCUT2D eigenvalue weighted by atomic mass is 16.5. The molecule has 0 bridgehead atoms. The summed E-state index contributed by atoms with van der Waals surface area (Å²) in [5.41, 5.74) is 5.40. The minimum atomic E-state index is 0.814. The van der Waals surface area contributed by atoms with Crippen molar-refractivity contribution in [3.63, 3.8) is 0 Å². The smallest absolute Gasteiger partial charge is 0.139 e. The van der Waals surface area contributed by atoms with Crippen LogP contribution in [0.15, 0.2) is 71.1 Å². The van der Waals surface area contributed by atoms with Crippen LogP contribution in [-0.4, -0.2) is 7.11 Å². The first-order chi connectivity index (χ1) is 12.3. The number of para-hydroxylation sites is 1. The number of hydrogen-bond donors (Lipinski definition) is 0. The molecule has 4 rings (SSSR count). The van der Waals surface area contributed by atoms with Crippen molar-refractivity contribution < 1.29 is 9.15 Å². The van der Waals surface area contributed by atoms with E-state index in [0.29, 0.717) is 0 Å². The average Bonchev–Trinajstić information content (AvgIpc) is 3.04. The summed E-state index contributed by atoms with van der Waals surface area (Å²) in [7, 11) is 1.69. The van der Waals surface area contributed by atoms with Gasteiger partial charge in [-0.3, -0.25) is 0 Å². The maximum absolute atomic E-state index is 6.07. The summed E-state index contributed by atoms with van der Waals surface area (Å²) < 4.78 is 11.6. The number of rotatable bonds is 4. The molecule has 0 radical (unpaired) electrons. The van der Waals surface area contributed by atoms with Crippen LogP contribution in [0.5, 0.6) is 5.75 Å². The molecule has 25 heavy (non-hydrogen) atoms. The molecule has 0 aliphatic rings. The van der Waals surface area contributed by atoms with Gasteiger partial charge in [-0.1, -0.05) is 61.5 Å². The second-order valence-corrected chi connectivity index (χ2v) is 6.08. The normalized spacial score (nSPS) is 12.0. The van der Waals surface area contributed by atoms with Crippen molar-refractivity contribution in [2.45, 2.75) is 13.3 Å². The van der Waals surface area contributed by atoms with Crippen molar-refractivity contribution in [2.75, 3.05) is 7.11 Å². The lowest BCUT2D eigenvalue weighted by molar-refractivity contribution is 0.414. The number of methoxy groups -OCH3 is 1. The highest BCUT2D eigenvalue weighted by molar-refractivity contribution is 6.11. The highest BCUT2D eigenvalue weighted by Gasteiger charge is 2.15. The van der Waals surface area contributed by atoms with Crippen molar-refractivity contribution in [1.82, 2.24) is 0 Å². The van der Waals surface area contributed by atoms with E-state index < -0.39 is 0 Å². The molecular formula is C23H20O2. The van der Waals surface area contributed by atoms with Gasteiger partial charge in [0.25, 0.3) is 0 Å². The molecule has 0 fully saturated rings. The Bertz CT molecular complexity index is 1060. The molecule has 0 unspecified atom stereocenters. The molecule has 2 heteroatoms. The zero-order chi connectivity index (χ0) is 17.2. The van der Waals surface area contributed by atoms with E-state index in [4.69, 9.17) is 9.15 Å². The van der Waals surface area contributed by atoms with Gasteiger partial charge in [-0.2, -0.15) is 0 Å². The average molecular weight is 328 g/mol. The minimum Gasteiger partial charge on any atom is -0.497 e. The molecule has 0 atom stereocenters. The number of allylic oxidation sites excluding steroid dienone is 1. The SMILES string of the molecule is CC/C(=C\c1ccccc1)c1cc(OC)cc2oc3ccccc3c12. The molecular weight excluding hydrogens is 308 g/mol. The Kier molecular flexibility index (Phi) is 4.02. The van der Waals surface area contributed by atoms with Gasteiger partial charge < -0.3 is 9.15 Å². The summed E-state index contributed by atoms with van der Waals surface area (Å²) >= 11 is 0. The zero-order valence-electron chi connectivity index (χ0n) is 14.5. The van der Waals surface area contributed by atoms with Gasteiger partial charge in [-0.15, -0.1) is 0 Å². The Morgan fingerprint density at radius 2 is 1.72 bits per heavy atom. The first-order valence-electron chi connectivity index (χ1n) is 8.55. The number of ether oxygens (including phenoxy) is 1. The standard InChI is InChI=1S/C23H20O2/c1-3-17(13-16-9-5-4-6-10-16)20-14-18(24-2)15-22-23(20)19-11-7-8-12-21(19)25-22/h4-15H,3H2,1-2H3/b17-13+. The lowest BCUT2D eigenvalue weighted by Crippen LogP contribution is -1.89. The van der Waals surface area contributed by atoms with Crippen LogP contribution >= 0.6 is 0 Å². The van der Waals surface area contributed by atoms with E-state index in [1.54, 1.807) is 7.11 Å². The molecule has 0 saturated heterocycles. The predicted octanol–water partition coefficient (Wildman–Crippen LogP) is 6.55. The van der Waals surface area contributed by atoms with Gasteiger partial charge in [-0.05, 0) is 35.3 Å². The van der Waals surface area contributed by atoms with Crippen LogP contribution < -0.4 is 4.74 Å². The van der Waals surface area contributed by atoms with Crippen LogP contribution in [0.2, 0.25) is 0 Å². The predicted molar refractivity (Wildman–Crippen MR) is 105 cm³/mol. The van der Waals surface area contributed by atoms with Gasteiger partial charge in [0.2, 0.25) is 0 Å². The van der Waals surface area contributed by atoms with Crippen molar-refractivity contribution in [1.29, 1.82) is 0 Å². The minimum absolute atomic E-state index is 0.814. The van der Waals surface area contributed by atoms with Crippen LogP contribution in [0.3, 0.4) is 0 Å². The summed E-state index contributed by atoms with van der Waals surface area (Å²) in [6.07, 6.45) is 3.17. The Hall–Kier alpha value is -3.00. The molecule has 0 aliphatic carbocycles. The number of fused-ring (bicyclic) bond motifs is 3. The first-order valence-corrected chi connectivity index (χ1v) is 8.55. The molecule has 1 heterocycles. The lowest BCUT2D eigenvalue weighted by Gasteiger charge is -2.10. The molecule has 1 aromatic heterocycles. The van der Waals surface area contributed by atoms with Gasteiger partial charge in [-0.25, -0.2) is 0 Å². The van der Waals surface area contributed by atoms with E-state index in [-0.39, 0.29) is 0 Å². The largest absolute Gasteiger partial charge is 0.497 e. The fourth-order valence-corrected chi connectivity index (χ4v) is 3.32. The number of furan rings is 1. The highest BCUT2D eigenvalue weighted by Crippen LogP contribution is 2.38. The van der Waals surface area contributed by atoms with Gasteiger partial charge in [0, 0.05) is 16.8 Å². The maximum Gasteiger partial charge on any atom is 0.139 e. The summed E-state index contributed by atoms with van der Waals surface area (Å²) in [5.74, 6) is 0.814. The summed E-state index contributed by atoms with van der Waals surface area (Å²) in [6, 6.07) is 22.7. The van der Waals surface area contributed by atoms with Crippen molar-refractivity contribution in [3.8, 4) is 5.75 Å². The molecule has 0 aliphatic heterocycles.